The quantitative estimate of drug-likeness (QED) is 0.582. The summed E-state index contributed by atoms with van der Waals surface area (Å²) in [4.78, 5) is 22.7. The van der Waals surface area contributed by atoms with Crippen molar-refractivity contribution in [1.29, 1.82) is 0 Å². The summed E-state index contributed by atoms with van der Waals surface area (Å²) < 4.78 is 5.42. The highest BCUT2D eigenvalue weighted by Gasteiger charge is 2.10. The molecule has 3 N–H and O–H groups in total. The zero-order chi connectivity index (χ0) is 16.1. The summed E-state index contributed by atoms with van der Waals surface area (Å²) in [5.74, 6) is -0.680. The minimum absolute atomic E-state index is 0.276. The predicted molar refractivity (Wildman–Crippen MR) is 80.8 cm³/mol. The van der Waals surface area contributed by atoms with Crippen molar-refractivity contribution in [3.05, 3.63) is 53.5 Å². The van der Waals surface area contributed by atoms with E-state index in [4.69, 9.17) is 9.52 Å². The van der Waals surface area contributed by atoms with E-state index in [1.807, 2.05) is 13.0 Å². The first-order valence-electron chi connectivity index (χ1n) is 6.63. The Morgan fingerprint density at radius 1 is 1.27 bits per heavy atom. The lowest BCUT2D eigenvalue weighted by Gasteiger charge is -2.05. The molecule has 114 valence electrons. The number of carbonyl (C=O) groups excluding carboxylic acids is 1. The molecule has 0 saturated carbocycles. The fourth-order valence-corrected chi connectivity index (χ4v) is 1.80. The van der Waals surface area contributed by atoms with Gasteiger partial charge < -0.3 is 19.9 Å². The van der Waals surface area contributed by atoms with E-state index in [0.29, 0.717) is 5.76 Å². The lowest BCUT2D eigenvalue weighted by Crippen LogP contribution is -2.08. The number of anilines is 1. The van der Waals surface area contributed by atoms with Crippen LogP contribution in [0.15, 0.2) is 40.8 Å². The number of amides is 1. The molecule has 6 nitrogen and oxygen atoms in total. The Balaban J connectivity index is 2.05. The van der Waals surface area contributed by atoms with Gasteiger partial charge in [-0.05, 0) is 36.4 Å². The molecule has 0 aliphatic rings. The van der Waals surface area contributed by atoms with E-state index in [9.17, 15) is 14.7 Å². The van der Waals surface area contributed by atoms with Crippen LogP contribution in [0.3, 0.4) is 0 Å². The Kier molecular flexibility index (Phi) is 4.63. The Morgan fingerprint density at radius 2 is 2.05 bits per heavy atom. The van der Waals surface area contributed by atoms with Crippen molar-refractivity contribution in [2.75, 3.05) is 5.32 Å². The molecular formula is C16H15NO5. The van der Waals surface area contributed by atoms with Crippen LogP contribution in [0.4, 0.5) is 5.69 Å². The van der Waals surface area contributed by atoms with E-state index >= 15 is 0 Å². The first-order chi connectivity index (χ1) is 10.5. The van der Waals surface area contributed by atoms with Gasteiger partial charge in [0.05, 0.1) is 0 Å². The van der Waals surface area contributed by atoms with E-state index in [0.717, 1.165) is 12.2 Å². The van der Waals surface area contributed by atoms with E-state index in [-0.39, 0.29) is 17.0 Å². The third-order valence-electron chi connectivity index (χ3n) is 2.92. The van der Waals surface area contributed by atoms with Gasteiger partial charge >= 0.3 is 5.97 Å². The van der Waals surface area contributed by atoms with Crippen molar-refractivity contribution in [3.63, 3.8) is 0 Å². The van der Waals surface area contributed by atoms with Gasteiger partial charge in [0.15, 0.2) is 0 Å². The van der Waals surface area contributed by atoms with E-state index in [1.54, 1.807) is 6.07 Å². The number of phenols is 1. The summed E-state index contributed by atoms with van der Waals surface area (Å²) in [6.45, 7) is 1.96. The highest BCUT2D eigenvalue weighted by atomic mass is 16.4. The lowest BCUT2D eigenvalue weighted by atomic mass is 10.2. The molecule has 0 saturated heterocycles. The summed E-state index contributed by atoms with van der Waals surface area (Å²) in [7, 11) is 0. The second kappa shape index (κ2) is 6.62. The van der Waals surface area contributed by atoms with Crippen LogP contribution in [0.5, 0.6) is 5.75 Å². The van der Waals surface area contributed by atoms with Crippen LogP contribution in [0, 0.1) is 0 Å². The maximum absolute atomic E-state index is 11.8. The summed E-state index contributed by atoms with van der Waals surface area (Å²) in [6.07, 6.45) is 3.57. The second-order valence-corrected chi connectivity index (χ2v) is 4.52. The van der Waals surface area contributed by atoms with E-state index in [1.165, 1.54) is 30.4 Å². The van der Waals surface area contributed by atoms with Gasteiger partial charge in [-0.25, -0.2) is 4.79 Å². The van der Waals surface area contributed by atoms with Gasteiger partial charge in [-0.15, -0.1) is 0 Å². The van der Waals surface area contributed by atoms with Gasteiger partial charge in [-0.3, -0.25) is 4.79 Å². The average Bonchev–Trinajstić information content (AvgIpc) is 2.95. The number of nitrogens with one attached hydrogen (secondary N) is 1. The van der Waals surface area contributed by atoms with Crippen LogP contribution in [0.2, 0.25) is 0 Å². The van der Waals surface area contributed by atoms with Crippen LogP contribution in [0.1, 0.15) is 28.8 Å². The van der Waals surface area contributed by atoms with Crippen molar-refractivity contribution in [2.45, 2.75) is 13.3 Å². The molecule has 2 aromatic rings. The highest BCUT2D eigenvalue weighted by molar-refractivity contribution is 6.02. The Hall–Kier alpha value is -3.02. The van der Waals surface area contributed by atoms with Crippen molar-refractivity contribution in [3.8, 4) is 5.75 Å². The fraction of sp³-hybridized carbons (Fsp3) is 0.125. The molecule has 2 rings (SSSR count). The van der Waals surface area contributed by atoms with Gasteiger partial charge in [0, 0.05) is 18.2 Å². The lowest BCUT2D eigenvalue weighted by molar-refractivity contribution is -0.111. The van der Waals surface area contributed by atoms with E-state index < -0.39 is 11.9 Å². The molecule has 1 amide bonds. The highest BCUT2D eigenvalue weighted by Crippen LogP contribution is 2.21. The average molecular weight is 301 g/mol. The molecule has 0 aliphatic carbocycles. The van der Waals surface area contributed by atoms with Crippen LogP contribution in [0.25, 0.3) is 6.08 Å². The SMILES string of the molecule is CCc1ccc(C=CC(=O)Nc2ccc(O)c(C(=O)O)c2)o1. The molecule has 0 aliphatic heterocycles. The Bertz CT molecular complexity index is 730. The van der Waals surface area contributed by atoms with Crippen molar-refractivity contribution in [2.24, 2.45) is 0 Å². The molecule has 6 heteroatoms. The molecule has 1 aromatic carbocycles. The number of benzene rings is 1. The molecule has 22 heavy (non-hydrogen) atoms. The monoisotopic (exact) mass is 301 g/mol. The number of carboxylic acid groups (broad SMARTS) is 1. The number of hydrogen-bond acceptors (Lipinski definition) is 4. The van der Waals surface area contributed by atoms with Gasteiger partial charge in [-0.1, -0.05) is 6.92 Å². The number of furan rings is 1. The van der Waals surface area contributed by atoms with Crippen molar-refractivity contribution in [1.82, 2.24) is 0 Å². The zero-order valence-corrected chi connectivity index (χ0v) is 11.9. The van der Waals surface area contributed by atoms with Gasteiger partial charge in [0.2, 0.25) is 5.91 Å². The number of carboxylic acids is 1. The smallest absolute Gasteiger partial charge is 0.339 e. The minimum atomic E-state index is -1.27. The standard InChI is InChI=1S/C16H15NO5/c1-2-11-4-5-12(22-11)6-8-15(19)17-10-3-7-14(18)13(9-10)16(20)21/h3-9,18H,2H2,1H3,(H,17,19)(H,20,21). The topological polar surface area (TPSA) is 99.8 Å². The largest absolute Gasteiger partial charge is 0.507 e. The summed E-state index contributed by atoms with van der Waals surface area (Å²) in [5.41, 5.74) is -0.000978. The molecule has 0 unspecified atom stereocenters. The number of rotatable bonds is 5. The number of aromatic carboxylic acids is 1. The van der Waals surface area contributed by atoms with Crippen molar-refractivity contribution < 1.29 is 24.2 Å². The zero-order valence-electron chi connectivity index (χ0n) is 11.9. The van der Waals surface area contributed by atoms with Crippen molar-refractivity contribution >= 4 is 23.6 Å². The Labute approximate surface area is 126 Å². The van der Waals surface area contributed by atoms with Crippen LogP contribution >= 0.6 is 0 Å². The summed E-state index contributed by atoms with van der Waals surface area (Å²) in [6, 6.07) is 7.40. The maximum atomic E-state index is 11.8. The third-order valence-corrected chi connectivity index (χ3v) is 2.92. The number of aromatic hydroxyl groups is 1. The van der Waals surface area contributed by atoms with Crippen LogP contribution in [-0.4, -0.2) is 22.1 Å². The maximum Gasteiger partial charge on any atom is 0.339 e. The minimum Gasteiger partial charge on any atom is -0.507 e. The molecule has 1 aromatic heterocycles. The summed E-state index contributed by atoms with van der Waals surface area (Å²) >= 11 is 0. The summed E-state index contributed by atoms with van der Waals surface area (Å²) in [5, 5.41) is 20.8. The Morgan fingerprint density at radius 3 is 2.68 bits per heavy atom. The number of hydrogen-bond donors (Lipinski definition) is 3. The van der Waals surface area contributed by atoms with Gasteiger partial charge in [0.1, 0.15) is 22.8 Å². The second-order valence-electron chi connectivity index (χ2n) is 4.52. The normalized spacial score (nSPS) is 10.8. The molecule has 0 bridgehead atoms. The number of carbonyl (C=O) groups is 2. The third kappa shape index (κ3) is 3.76. The van der Waals surface area contributed by atoms with Gasteiger partial charge in [0.25, 0.3) is 0 Å². The molecule has 0 fully saturated rings. The predicted octanol–water partition coefficient (Wildman–Crippen LogP) is 2.90. The molecule has 1 heterocycles. The first kappa shape index (κ1) is 15.4. The molecule has 0 radical (unpaired) electrons. The number of aryl methyl sites for hydroxylation is 1. The van der Waals surface area contributed by atoms with Crippen LogP contribution in [-0.2, 0) is 11.2 Å². The molecular weight excluding hydrogens is 286 g/mol. The van der Waals surface area contributed by atoms with Crippen LogP contribution < -0.4 is 5.32 Å². The molecule has 0 atom stereocenters. The van der Waals surface area contributed by atoms with E-state index in [2.05, 4.69) is 5.32 Å². The first-order valence-corrected chi connectivity index (χ1v) is 6.63. The van der Waals surface area contributed by atoms with Gasteiger partial charge in [-0.2, -0.15) is 0 Å². The molecule has 0 spiro atoms. The fourth-order valence-electron chi connectivity index (χ4n) is 1.80.